The largest absolute Gasteiger partial charge is 0.495 e. The summed E-state index contributed by atoms with van der Waals surface area (Å²) in [7, 11) is 1.60. The van der Waals surface area contributed by atoms with Crippen LogP contribution in [0, 0.1) is 0 Å². The number of morpholine rings is 1. The van der Waals surface area contributed by atoms with Gasteiger partial charge in [0.1, 0.15) is 12.0 Å². The summed E-state index contributed by atoms with van der Waals surface area (Å²) in [6, 6.07) is 11.5. The highest BCUT2D eigenvalue weighted by Crippen LogP contribution is 2.31. The molecule has 1 atom stereocenters. The Bertz CT molecular complexity index is 1010. The van der Waals surface area contributed by atoms with Gasteiger partial charge in [-0.25, -0.2) is 0 Å². The highest BCUT2D eigenvalue weighted by atomic mass is 35.5. The average Bonchev–Trinajstić information content (AvgIpc) is 2.68. The molecule has 1 unspecified atom stereocenters. The molecule has 0 aliphatic carbocycles. The van der Waals surface area contributed by atoms with E-state index < -0.39 is 0 Å². The maximum absolute atomic E-state index is 6.28. The standard InChI is InChI=1S/C20H20Cl2N4O2/c1-27-18-5-2-12(8-16(18)22)9-17-15-10-13(21)3-4-14(15)20(25-24-17)26-6-7-28-19(23)11-26/h2-5,8,10,19H,6-7,9,11,23H2,1H3. The van der Waals surface area contributed by atoms with Gasteiger partial charge in [0.25, 0.3) is 0 Å². The molecule has 1 aromatic heterocycles. The summed E-state index contributed by atoms with van der Waals surface area (Å²) in [6.07, 6.45) is 0.246. The molecule has 2 N–H and O–H groups in total. The van der Waals surface area contributed by atoms with E-state index >= 15 is 0 Å². The monoisotopic (exact) mass is 418 g/mol. The molecule has 146 valence electrons. The van der Waals surface area contributed by atoms with Crippen molar-refractivity contribution in [2.75, 3.05) is 31.7 Å². The van der Waals surface area contributed by atoms with E-state index in [9.17, 15) is 0 Å². The Balaban J connectivity index is 1.74. The number of nitrogens with two attached hydrogens (primary N) is 1. The highest BCUT2D eigenvalue weighted by Gasteiger charge is 2.22. The second-order valence-corrected chi connectivity index (χ2v) is 7.50. The highest BCUT2D eigenvalue weighted by molar-refractivity contribution is 6.32. The zero-order valence-corrected chi connectivity index (χ0v) is 16.9. The van der Waals surface area contributed by atoms with E-state index in [1.165, 1.54) is 0 Å². The van der Waals surface area contributed by atoms with Gasteiger partial charge in [0, 0.05) is 28.8 Å². The summed E-state index contributed by atoms with van der Waals surface area (Å²) >= 11 is 12.5. The molecular weight excluding hydrogens is 399 g/mol. The molecule has 1 aliphatic heterocycles. The number of halogens is 2. The fourth-order valence-electron chi connectivity index (χ4n) is 3.41. The smallest absolute Gasteiger partial charge is 0.159 e. The third kappa shape index (κ3) is 3.86. The van der Waals surface area contributed by atoms with Crippen molar-refractivity contribution in [1.82, 2.24) is 10.2 Å². The van der Waals surface area contributed by atoms with Crippen LogP contribution in [0.3, 0.4) is 0 Å². The zero-order chi connectivity index (χ0) is 19.7. The molecule has 6 nitrogen and oxygen atoms in total. The van der Waals surface area contributed by atoms with Crippen LogP contribution in [0.5, 0.6) is 5.75 Å². The fourth-order valence-corrected chi connectivity index (χ4v) is 3.86. The maximum atomic E-state index is 6.28. The minimum atomic E-state index is -0.334. The van der Waals surface area contributed by atoms with E-state index in [2.05, 4.69) is 15.1 Å². The summed E-state index contributed by atoms with van der Waals surface area (Å²) in [6.45, 7) is 1.84. The van der Waals surface area contributed by atoms with Gasteiger partial charge in [-0.2, -0.15) is 5.10 Å². The number of benzene rings is 2. The third-order valence-corrected chi connectivity index (χ3v) is 5.31. The predicted octanol–water partition coefficient (Wildman–Crippen LogP) is 3.66. The number of anilines is 1. The lowest BCUT2D eigenvalue weighted by atomic mass is 10.0. The number of methoxy groups -OCH3 is 1. The van der Waals surface area contributed by atoms with Gasteiger partial charge in [-0.15, -0.1) is 5.10 Å². The van der Waals surface area contributed by atoms with Gasteiger partial charge in [-0.1, -0.05) is 29.3 Å². The van der Waals surface area contributed by atoms with E-state index in [4.69, 9.17) is 38.4 Å². The summed E-state index contributed by atoms with van der Waals surface area (Å²) in [5, 5.41) is 12.2. The molecular formula is C20H20Cl2N4O2. The first-order valence-corrected chi connectivity index (χ1v) is 9.70. The predicted molar refractivity (Wildman–Crippen MR) is 111 cm³/mol. The van der Waals surface area contributed by atoms with E-state index in [-0.39, 0.29) is 6.23 Å². The Morgan fingerprint density at radius 3 is 2.79 bits per heavy atom. The number of hydrogen-bond acceptors (Lipinski definition) is 6. The minimum absolute atomic E-state index is 0.334. The van der Waals surface area contributed by atoms with E-state index in [0.717, 1.165) is 27.8 Å². The lowest BCUT2D eigenvalue weighted by Crippen LogP contribution is -2.47. The molecule has 2 heterocycles. The zero-order valence-electron chi connectivity index (χ0n) is 15.4. The third-order valence-electron chi connectivity index (χ3n) is 4.78. The lowest BCUT2D eigenvalue weighted by molar-refractivity contribution is 0.0449. The second-order valence-electron chi connectivity index (χ2n) is 6.66. The van der Waals surface area contributed by atoms with Crippen molar-refractivity contribution in [2.24, 2.45) is 5.73 Å². The summed E-state index contributed by atoms with van der Waals surface area (Å²) in [5.74, 6) is 1.44. The van der Waals surface area contributed by atoms with Crippen LogP contribution < -0.4 is 15.4 Å². The molecule has 1 fully saturated rings. The van der Waals surface area contributed by atoms with Crippen LogP contribution in [0.25, 0.3) is 10.8 Å². The van der Waals surface area contributed by atoms with Crippen molar-refractivity contribution in [1.29, 1.82) is 0 Å². The van der Waals surface area contributed by atoms with E-state index in [1.54, 1.807) is 7.11 Å². The lowest BCUT2D eigenvalue weighted by Gasteiger charge is -2.32. The maximum Gasteiger partial charge on any atom is 0.159 e. The molecule has 0 spiro atoms. The van der Waals surface area contributed by atoms with Gasteiger partial charge in [0.05, 0.1) is 31.0 Å². The molecule has 0 radical (unpaired) electrons. The van der Waals surface area contributed by atoms with Crippen molar-refractivity contribution in [3.63, 3.8) is 0 Å². The summed E-state index contributed by atoms with van der Waals surface area (Å²) in [5.41, 5.74) is 7.79. The number of ether oxygens (including phenoxy) is 2. The van der Waals surface area contributed by atoms with Crippen LogP contribution in [0.2, 0.25) is 10.0 Å². The molecule has 1 saturated heterocycles. The molecule has 2 aromatic carbocycles. The Labute approximate surface area is 173 Å². The quantitative estimate of drug-likeness (QED) is 0.696. The van der Waals surface area contributed by atoms with Crippen LogP contribution in [0.1, 0.15) is 11.3 Å². The molecule has 0 saturated carbocycles. The van der Waals surface area contributed by atoms with Gasteiger partial charge < -0.3 is 20.1 Å². The van der Waals surface area contributed by atoms with Crippen LogP contribution in [0.15, 0.2) is 36.4 Å². The van der Waals surface area contributed by atoms with Gasteiger partial charge >= 0.3 is 0 Å². The topological polar surface area (TPSA) is 73.5 Å². The number of fused-ring (bicyclic) bond motifs is 1. The van der Waals surface area contributed by atoms with Crippen molar-refractivity contribution < 1.29 is 9.47 Å². The molecule has 28 heavy (non-hydrogen) atoms. The first-order valence-electron chi connectivity index (χ1n) is 8.94. The first kappa shape index (κ1) is 19.2. The molecule has 0 bridgehead atoms. The Morgan fingerprint density at radius 1 is 1.18 bits per heavy atom. The fraction of sp³-hybridized carbons (Fsp3) is 0.300. The van der Waals surface area contributed by atoms with Gasteiger partial charge in [0.15, 0.2) is 5.82 Å². The molecule has 1 aliphatic rings. The number of rotatable bonds is 4. The summed E-state index contributed by atoms with van der Waals surface area (Å²) in [4.78, 5) is 2.10. The summed E-state index contributed by atoms with van der Waals surface area (Å²) < 4.78 is 10.7. The Hall–Kier alpha value is -2.12. The van der Waals surface area contributed by atoms with Crippen molar-refractivity contribution in [3.05, 3.63) is 57.7 Å². The average molecular weight is 419 g/mol. The number of aromatic nitrogens is 2. The van der Waals surface area contributed by atoms with Crippen LogP contribution in [-0.2, 0) is 11.2 Å². The van der Waals surface area contributed by atoms with Crippen LogP contribution in [-0.4, -0.2) is 43.2 Å². The minimum Gasteiger partial charge on any atom is -0.495 e. The van der Waals surface area contributed by atoms with Crippen LogP contribution >= 0.6 is 23.2 Å². The van der Waals surface area contributed by atoms with Gasteiger partial charge in [-0.05, 0) is 35.9 Å². The molecule has 8 heteroatoms. The van der Waals surface area contributed by atoms with Crippen molar-refractivity contribution >= 4 is 39.8 Å². The van der Waals surface area contributed by atoms with Gasteiger partial charge in [-0.3, -0.25) is 0 Å². The molecule has 4 rings (SSSR count). The van der Waals surface area contributed by atoms with Gasteiger partial charge in [0.2, 0.25) is 0 Å². The first-order chi connectivity index (χ1) is 13.5. The number of hydrogen-bond donors (Lipinski definition) is 1. The Kier molecular flexibility index (Phi) is 5.55. The number of nitrogens with zero attached hydrogens (tertiary/aromatic N) is 3. The van der Waals surface area contributed by atoms with E-state index in [0.29, 0.717) is 41.9 Å². The van der Waals surface area contributed by atoms with Crippen molar-refractivity contribution in [2.45, 2.75) is 12.6 Å². The van der Waals surface area contributed by atoms with Crippen LogP contribution in [0.4, 0.5) is 5.82 Å². The second kappa shape index (κ2) is 8.09. The molecule has 3 aromatic rings. The van der Waals surface area contributed by atoms with E-state index in [1.807, 2.05) is 36.4 Å². The SMILES string of the molecule is COc1ccc(Cc2nnc(N3CCOC(N)C3)c3ccc(Cl)cc23)cc1Cl. The normalized spacial score (nSPS) is 17.1. The van der Waals surface area contributed by atoms with Crippen molar-refractivity contribution in [3.8, 4) is 5.75 Å². The Morgan fingerprint density at radius 2 is 2.04 bits per heavy atom. The molecule has 0 amide bonds.